The molecule has 2 aromatic rings. The van der Waals surface area contributed by atoms with E-state index in [1.54, 1.807) is 6.07 Å². The first-order chi connectivity index (χ1) is 11.3. The maximum absolute atomic E-state index is 12.2. The first-order valence-electron chi connectivity index (χ1n) is 8.22. The van der Waals surface area contributed by atoms with E-state index in [-0.39, 0.29) is 5.91 Å². The second-order valence-electron chi connectivity index (χ2n) is 5.91. The number of carbonyl (C=O) groups is 1. The fourth-order valence-electron chi connectivity index (χ4n) is 2.90. The fraction of sp³-hybridized carbons (Fsp3) is 0.389. The zero-order chi connectivity index (χ0) is 15.9. The number of hydrogen-bond donors (Lipinski definition) is 2. The van der Waals surface area contributed by atoms with E-state index in [2.05, 4.69) is 32.7 Å². The summed E-state index contributed by atoms with van der Waals surface area (Å²) >= 11 is 0. The largest absolute Gasteiger partial charge is 0.367 e. The molecule has 1 saturated carbocycles. The number of benzene rings is 1. The van der Waals surface area contributed by atoms with Crippen LogP contribution in [0.4, 0.5) is 5.82 Å². The van der Waals surface area contributed by atoms with Gasteiger partial charge in [-0.2, -0.15) is 0 Å². The Morgan fingerprint density at radius 2 is 1.91 bits per heavy atom. The van der Waals surface area contributed by atoms with Crippen LogP contribution in [-0.2, 0) is 6.42 Å². The Bertz CT molecular complexity index is 638. The summed E-state index contributed by atoms with van der Waals surface area (Å²) in [4.78, 5) is 20.5. The standard InChI is InChI=1S/C18H22N4O/c23-18(19-11-10-14-6-2-1-3-7-14)16-12-17(21-13-20-16)22-15-8-4-5-9-15/h1-3,6-7,12-13,15H,4-5,8-11H2,(H,19,23)(H,20,21,22). The van der Waals surface area contributed by atoms with Crippen molar-refractivity contribution in [3.8, 4) is 0 Å². The van der Waals surface area contributed by atoms with Crippen LogP contribution in [0.15, 0.2) is 42.7 Å². The molecule has 3 rings (SSSR count). The van der Waals surface area contributed by atoms with Crippen molar-refractivity contribution >= 4 is 11.7 Å². The number of nitrogens with zero attached hydrogens (tertiary/aromatic N) is 2. The number of nitrogens with one attached hydrogen (secondary N) is 2. The fourth-order valence-corrected chi connectivity index (χ4v) is 2.90. The van der Waals surface area contributed by atoms with Gasteiger partial charge >= 0.3 is 0 Å². The predicted octanol–water partition coefficient (Wildman–Crippen LogP) is 2.80. The minimum atomic E-state index is -0.155. The van der Waals surface area contributed by atoms with Crippen LogP contribution < -0.4 is 10.6 Å². The van der Waals surface area contributed by atoms with Gasteiger partial charge in [0.25, 0.3) is 5.91 Å². The van der Waals surface area contributed by atoms with Crippen LogP contribution in [0.3, 0.4) is 0 Å². The lowest BCUT2D eigenvalue weighted by Crippen LogP contribution is -2.27. The number of anilines is 1. The summed E-state index contributed by atoms with van der Waals surface area (Å²) in [5.74, 6) is 0.581. The molecule has 23 heavy (non-hydrogen) atoms. The van der Waals surface area contributed by atoms with Gasteiger partial charge in [-0.15, -0.1) is 0 Å². The van der Waals surface area contributed by atoms with Crippen molar-refractivity contribution in [3.63, 3.8) is 0 Å². The van der Waals surface area contributed by atoms with Crippen molar-refractivity contribution in [2.24, 2.45) is 0 Å². The zero-order valence-electron chi connectivity index (χ0n) is 13.2. The van der Waals surface area contributed by atoms with Gasteiger partial charge in [0, 0.05) is 18.7 Å². The first-order valence-corrected chi connectivity index (χ1v) is 8.22. The van der Waals surface area contributed by atoms with Crippen LogP contribution in [-0.4, -0.2) is 28.5 Å². The molecule has 1 aromatic carbocycles. The average Bonchev–Trinajstić information content (AvgIpc) is 3.09. The monoisotopic (exact) mass is 310 g/mol. The molecule has 1 aliphatic carbocycles. The molecule has 0 radical (unpaired) electrons. The lowest BCUT2D eigenvalue weighted by molar-refractivity contribution is 0.0949. The molecule has 1 aliphatic rings. The summed E-state index contributed by atoms with van der Waals surface area (Å²) in [5.41, 5.74) is 1.62. The highest BCUT2D eigenvalue weighted by Gasteiger charge is 2.16. The quantitative estimate of drug-likeness (QED) is 0.861. The van der Waals surface area contributed by atoms with Crippen molar-refractivity contribution in [1.82, 2.24) is 15.3 Å². The zero-order valence-corrected chi connectivity index (χ0v) is 13.2. The molecule has 1 amide bonds. The van der Waals surface area contributed by atoms with Gasteiger partial charge in [-0.3, -0.25) is 4.79 Å². The summed E-state index contributed by atoms with van der Waals surface area (Å²) in [6.07, 6.45) is 7.12. The van der Waals surface area contributed by atoms with Crippen molar-refractivity contribution in [2.75, 3.05) is 11.9 Å². The Hall–Kier alpha value is -2.43. The number of carbonyl (C=O) groups excluding carboxylic acids is 1. The van der Waals surface area contributed by atoms with E-state index in [9.17, 15) is 4.79 Å². The Morgan fingerprint density at radius 1 is 1.13 bits per heavy atom. The molecule has 1 aromatic heterocycles. The van der Waals surface area contributed by atoms with Gasteiger partial charge in [0.15, 0.2) is 0 Å². The molecule has 2 N–H and O–H groups in total. The van der Waals surface area contributed by atoms with Crippen molar-refractivity contribution in [2.45, 2.75) is 38.1 Å². The highest BCUT2D eigenvalue weighted by atomic mass is 16.1. The number of aromatic nitrogens is 2. The summed E-state index contributed by atoms with van der Waals surface area (Å²) in [5, 5.41) is 6.30. The predicted molar refractivity (Wildman–Crippen MR) is 90.4 cm³/mol. The van der Waals surface area contributed by atoms with E-state index in [1.807, 2.05) is 18.2 Å². The van der Waals surface area contributed by atoms with Crippen LogP contribution in [0.1, 0.15) is 41.7 Å². The smallest absolute Gasteiger partial charge is 0.270 e. The van der Waals surface area contributed by atoms with Crippen LogP contribution in [0.5, 0.6) is 0 Å². The van der Waals surface area contributed by atoms with Gasteiger partial charge in [0.05, 0.1) is 0 Å². The SMILES string of the molecule is O=C(NCCc1ccccc1)c1cc(NC2CCCC2)ncn1. The molecule has 5 heteroatoms. The van der Waals surface area contributed by atoms with Gasteiger partial charge in [-0.05, 0) is 24.8 Å². The Labute approximate surface area is 136 Å². The lowest BCUT2D eigenvalue weighted by atomic mass is 10.1. The second kappa shape index (κ2) is 7.72. The van der Waals surface area contributed by atoms with E-state index in [0.717, 1.165) is 12.2 Å². The van der Waals surface area contributed by atoms with E-state index < -0.39 is 0 Å². The van der Waals surface area contributed by atoms with Crippen LogP contribution in [0.25, 0.3) is 0 Å². The van der Waals surface area contributed by atoms with Gasteiger partial charge in [-0.25, -0.2) is 9.97 Å². The summed E-state index contributed by atoms with van der Waals surface area (Å²) in [6.45, 7) is 0.595. The Kier molecular flexibility index (Phi) is 5.19. The van der Waals surface area contributed by atoms with Crippen LogP contribution >= 0.6 is 0 Å². The Morgan fingerprint density at radius 3 is 2.70 bits per heavy atom. The van der Waals surface area contributed by atoms with Crippen molar-refractivity contribution in [1.29, 1.82) is 0 Å². The molecular weight excluding hydrogens is 288 g/mol. The third-order valence-corrected chi connectivity index (χ3v) is 4.15. The lowest BCUT2D eigenvalue weighted by Gasteiger charge is -2.12. The molecule has 1 heterocycles. The normalized spacial score (nSPS) is 14.6. The van der Waals surface area contributed by atoms with E-state index >= 15 is 0 Å². The van der Waals surface area contributed by atoms with E-state index in [4.69, 9.17) is 0 Å². The molecule has 0 aliphatic heterocycles. The molecule has 0 bridgehead atoms. The van der Waals surface area contributed by atoms with Crippen LogP contribution in [0, 0.1) is 0 Å². The minimum Gasteiger partial charge on any atom is -0.367 e. The third-order valence-electron chi connectivity index (χ3n) is 4.15. The molecule has 5 nitrogen and oxygen atoms in total. The van der Waals surface area contributed by atoms with Crippen molar-refractivity contribution in [3.05, 3.63) is 54.0 Å². The second-order valence-corrected chi connectivity index (χ2v) is 5.91. The maximum atomic E-state index is 12.2. The summed E-state index contributed by atoms with van der Waals surface area (Å²) < 4.78 is 0. The third kappa shape index (κ3) is 4.52. The molecule has 0 atom stereocenters. The molecule has 1 fully saturated rings. The van der Waals surface area contributed by atoms with Crippen molar-refractivity contribution < 1.29 is 4.79 Å². The van der Waals surface area contributed by atoms with Gasteiger partial charge in [-0.1, -0.05) is 43.2 Å². The molecule has 0 saturated heterocycles. The maximum Gasteiger partial charge on any atom is 0.270 e. The summed E-state index contributed by atoms with van der Waals surface area (Å²) in [7, 11) is 0. The van der Waals surface area contributed by atoms with E-state index in [1.165, 1.54) is 37.6 Å². The van der Waals surface area contributed by atoms with Crippen LogP contribution in [0.2, 0.25) is 0 Å². The average molecular weight is 310 g/mol. The summed E-state index contributed by atoms with van der Waals surface area (Å²) in [6, 6.07) is 12.3. The first kappa shape index (κ1) is 15.5. The van der Waals surface area contributed by atoms with E-state index in [0.29, 0.717) is 18.3 Å². The highest BCUT2D eigenvalue weighted by Crippen LogP contribution is 2.21. The molecular formula is C18H22N4O. The number of amides is 1. The number of rotatable bonds is 6. The van der Waals surface area contributed by atoms with Gasteiger partial charge < -0.3 is 10.6 Å². The van der Waals surface area contributed by atoms with Gasteiger partial charge in [0.2, 0.25) is 0 Å². The van der Waals surface area contributed by atoms with Gasteiger partial charge in [0.1, 0.15) is 17.8 Å². The minimum absolute atomic E-state index is 0.155. The molecule has 0 spiro atoms. The number of hydrogen-bond acceptors (Lipinski definition) is 4. The highest BCUT2D eigenvalue weighted by molar-refractivity contribution is 5.92. The molecule has 120 valence electrons. The molecule has 0 unspecified atom stereocenters. The topological polar surface area (TPSA) is 66.9 Å². The Balaban J connectivity index is 1.52.